The van der Waals surface area contributed by atoms with Gasteiger partial charge in [0.15, 0.2) is 9.84 Å². The first kappa shape index (κ1) is 18.5. The summed E-state index contributed by atoms with van der Waals surface area (Å²) in [6, 6.07) is 16.5. The number of fused-ring (bicyclic) bond motifs is 1. The van der Waals surface area contributed by atoms with E-state index in [2.05, 4.69) is 0 Å². The molecule has 0 unspecified atom stereocenters. The number of hydrogen-bond donors (Lipinski definition) is 0. The van der Waals surface area contributed by atoms with Crippen molar-refractivity contribution in [1.82, 2.24) is 4.90 Å². The van der Waals surface area contributed by atoms with Crippen LogP contribution in [-0.2, 0) is 21.1 Å². The lowest BCUT2D eigenvalue weighted by atomic mass is 10.0. The third kappa shape index (κ3) is 3.88. The van der Waals surface area contributed by atoms with Crippen LogP contribution >= 0.6 is 11.6 Å². The third-order valence-electron chi connectivity index (χ3n) is 5.34. The number of amides is 1. The smallest absolute Gasteiger partial charge is 0.241 e. The summed E-state index contributed by atoms with van der Waals surface area (Å²) >= 11 is 5.93. The van der Waals surface area contributed by atoms with E-state index in [1.165, 1.54) is 0 Å². The van der Waals surface area contributed by atoms with Gasteiger partial charge < -0.3 is 4.90 Å². The highest BCUT2D eigenvalue weighted by molar-refractivity contribution is 7.91. The first-order valence-corrected chi connectivity index (χ1v) is 11.2. The number of halogens is 1. The number of sulfone groups is 1. The molecule has 2 aliphatic rings. The quantitative estimate of drug-likeness (QED) is 0.785. The summed E-state index contributed by atoms with van der Waals surface area (Å²) in [6.07, 6.45) is 0.749. The van der Waals surface area contributed by atoms with Crippen LogP contribution in [0.25, 0.3) is 0 Å². The van der Waals surface area contributed by atoms with Gasteiger partial charge in [-0.1, -0.05) is 41.9 Å². The second-order valence-electron chi connectivity index (χ2n) is 7.16. The summed E-state index contributed by atoms with van der Waals surface area (Å²) in [4.78, 5) is 16.6. The molecule has 4 rings (SSSR count). The second kappa shape index (κ2) is 7.26. The van der Waals surface area contributed by atoms with Crippen molar-refractivity contribution in [2.24, 2.45) is 0 Å². The van der Waals surface area contributed by atoms with E-state index in [-0.39, 0.29) is 36.0 Å². The van der Waals surface area contributed by atoms with Gasteiger partial charge in [0.05, 0.1) is 24.1 Å². The van der Waals surface area contributed by atoms with E-state index in [4.69, 9.17) is 11.6 Å². The molecule has 2 aromatic carbocycles. The summed E-state index contributed by atoms with van der Waals surface area (Å²) < 4.78 is 24.7. The monoisotopic (exact) mass is 404 g/mol. The summed E-state index contributed by atoms with van der Waals surface area (Å²) in [5, 5.41) is 0.687. The van der Waals surface area contributed by atoms with Crippen LogP contribution in [0.15, 0.2) is 54.6 Å². The van der Waals surface area contributed by atoms with Gasteiger partial charge in [0.1, 0.15) is 0 Å². The number of anilines is 1. The molecule has 5 nitrogen and oxygen atoms in total. The van der Waals surface area contributed by atoms with Gasteiger partial charge in [0, 0.05) is 23.3 Å². The molecule has 0 spiro atoms. The Hall–Kier alpha value is -1.89. The third-order valence-corrected chi connectivity index (χ3v) is 7.29. The minimum atomic E-state index is -3.17. The van der Waals surface area contributed by atoms with Crippen molar-refractivity contribution in [3.8, 4) is 0 Å². The lowest BCUT2D eigenvalue weighted by Gasteiger charge is -2.43. The number of carbonyl (C=O) groups excluding carboxylic acids is 1. The fraction of sp³-hybridized carbons (Fsp3) is 0.350. The topological polar surface area (TPSA) is 57.7 Å². The Morgan fingerprint density at radius 2 is 1.63 bits per heavy atom. The maximum Gasteiger partial charge on any atom is 0.241 e. The predicted octanol–water partition coefficient (Wildman–Crippen LogP) is 2.40. The van der Waals surface area contributed by atoms with Gasteiger partial charge in [0.2, 0.25) is 5.91 Å². The zero-order valence-electron chi connectivity index (χ0n) is 14.8. The zero-order valence-corrected chi connectivity index (χ0v) is 16.4. The van der Waals surface area contributed by atoms with Gasteiger partial charge in [-0.25, -0.2) is 8.42 Å². The molecule has 7 heteroatoms. The van der Waals surface area contributed by atoms with E-state index >= 15 is 0 Å². The average molecular weight is 405 g/mol. The average Bonchev–Trinajstić information content (AvgIpc) is 2.96. The fourth-order valence-electron chi connectivity index (χ4n) is 4.05. The van der Waals surface area contributed by atoms with Gasteiger partial charge in [0.25, 0.3) is 0 Å². The van der Waals surface area contributed by atoms with E-state index in [0.717, 1.165) is 17.7 Å². The molecule has 2 atom stereocenters. The van der Waals surface area contributed by atoms with E-state index in [9.17, 15) is 13.2 Å². The van der Waals surface area contributed by atoms with Crippen molar-refractivity contribution >= 4 is 33.0 Å². The van der Waals surface area contributed by atoms with Crippen LogP contribution in [0.3, 0.4) is 0 Å². The Balaban J connectivity index is 1.57. The van der Waals surface area contributed by atoms with E-state index in [1.54, 1.807) is 4.90 Å². The van der Waals surface area contributed by atoms with Crippen LogP contribution in [-0.4, -0.2) is 55.9 Å². The molecular formula is C20H21ClN2O3S. The van der Waals surface area contributed by atoms with Crippen LogP contribution in [0.5, 0.6) is 0 Å². The highest BCUT2D eigenvalue weighted by atomic mass is 35.5. The molecule has 142 valence electrons. The number of rotatable bonds is 4. The molecule has 0 radical (unpaired) electrons. The summed E-state index contributed by atoms with van der Waals surface area (Å²) in [5.74, 6) is 0.0839. The number of hydrogen-bond acceptors (Lipinski definition) is 4. The first-order chi connectivity index (χ1) is 12.9. The van der Waals surface area contributed by atoms with Crippen LogP contribution in [0.2, 0.25) is 5.02 Å². The molecule has 2 fully saturated rings. The highest BCUT2D eigenvalue weighted by Gasteiger charge is 2.49. The normalized spacial score (nSPS) is 24.8. The van der Waals surface area contributed by atoms with Gasteiger partial charge >= 0.3 is 0 Å². The number of carbonyl (C=O) groups is 1. The maximum absolute atomic E-state index is 12.9. The summed E-state index contributed by atoms with van der Waals surface area (Å²) in [6.45, 7) is 0.881. The Morgan fingerprint density at radius 1 is 0.963 bits per heavy atom. The number of piperazine rings is 1. The van der Waals surface area contributed by atoms with Crippen LogP contribution in [0, 0.1) is 0 Å². The van der Waals surface area contributed by atoms with Crippen LogP contribution in [0.4, 0.5) is 5.69 Å². The van der Waals surface area contributed by atoms with Crippen molar-refractivity contribution in [3.05, 3.63) is 65.2 Å². The van der Waals surface area contributed by atoms with Gasteiger partial charge in [-0.3, -0.25) is 9.69 Å². The van der Waals surface area contributed by atoms with E-state index in [0.29, 0.717) is 11.6 Å². The fourth-order valence-corrected chi connectivity index (χ4v) is 6.16. The molecule has 0 aromatic heterocycles. The lowest BCUT2D eigenvalue weighted by molar-refractivity contribution is -0.123. The molecular weight excluding hydrogens is 384 g/mol. The summed E-state index contributed by atoms with van der Waals surface area (Å²) in [5.41, 5.74) is 1.89. The van der Waals surface area contributed by atoms with Gasteiger partial charge in [-0.2, -0.15) is 0 Å². The van der Waals surface area contributed by atoms with E-state index < -0.39 is 9.84 Å². The number of benzene rings is 2. The van der Waals surface area contributed by atoms with Crippen molar-refractivity contribution in [3.63, 3.8) is 0 Å². The Bertz CT molecular complexity index is 931. The lowest BCUT2D eigenvalue weighted by Crippen LogP contribution is -2.62. The maximum atomic E-state index is 12.9. The molecule has 0 aliphatic carbocycles. The molecule has 0 N–H and O–H groups in total. The minimum Gasteiger partial charge on any atom is -0.306 e. The number of nitrogens with zero attached hydrogens (tertiary/aromatic N) is 2. The zero-order chi connectivity index (χ0) is 19.0. The van der Waals surface area contributed by atoms with Crippen LogP contribution in [0.1, 0.15) is 5.56 Å². The molecule has 2 heterocycles. The highest BCUT2D eigenvalue weighted by Crippen LogP contribution is 2.31. The standard InChI is InChI=1S/C20H21ClN2O3S/c21-16-8-6-15(7-9-16)10-11-22-12-20(24)23(17-4-2-1-3-5-17)19-14-27(25,26)13-18(19)22/h1-9,18-19H,10-14H2/t18-,19+/m0/s1. The predicted molar refractivity (Wildman–Crippen MR) is 107 cm³/mol. The van der Waals surface area contributed by atoms with E-state index in [1.807, 2.05) is 59.5 Å². The summed E-state index contributed by atoms with van der Waals surface area (Å²) in [7, 11) is -3.17. The molecule has 0 bridgehead atoms. The largest absolute Gasteiger partial charge is 0.306 e. The molecule has 2 aliphatic heterocycles. The van der Waals surface area contributed by atoms with Crippen molar-refractivity contribution in [2.45, 2.75) is 18.5 Å². The van der Waals surface area contributed by atoms with Crippen molar-refractivity contribution in [1.29, 1.82) is 0 Å². The molecule has 2 aromatic rings. The Kier molecular flexibility index (Phi) is 4.97. The number of para-hydroxylation sites is 1. The first-order valence-electron chi connectivity index (χ1n) is 8.99. The molecule has 2 saturated heterocycles. The second-order valence-corrected chi connectivity index (χ2v) is 9.75. The molecule has 27 heavy (non-hydrogen) atoms. The van der Waals surface area contributed by atoms with Crippen LogP contribution < -0.4 is 4.90 Å². The van der Waals surface area contributed by atoms with Gasteiger partial charge in [-0.15, -0.1) is 0 Å². The molecule has 1 amide bonds. The molecule has 0 saturated carbocycles. The Labute approximate surface area is 164 Å². The minimum absolute atomic E-state index is 0.0236. The SMILES string of the molecule is O=C1CN(CCc2ccc(Cl)cc2)[C@H]2CS(=O)(=O)C[C@H]2N1c1ccccc1. The van der Waals surface area contributed by atoms with Gasteiger partial charge in [-0.05, 0) is 36.2 Å². The van der Waals surface area contributed by atoms with Crippen molar-refractivity contribution < 1.29 is 13.2 Å². The van der Waals surface area contributed by atoms with Crippen molar-refractivity contribution in [2.75, 3.05) is 29.5 Å². The Morgan fingerprint density at radius 3 is 2.33 bits per heavy atom.